The zero-order chi connectivity index (χ0) is 16.1. The normalized spacial score (nSPS) is 16.0. The second kappa shape index (κ2) is 7.36. The molecule has 23 heavy (non-hydrogen) atoms. The number of urea groups is 1. The number of hydrogen-bond acceptors (Lipinski definition) is 2. The summed E-state index contributed by atoms with van der Waals surface area (Å²) in [6.07, 6.45) is 8.21. The van der Waals surface area contributed by atoms with Gasteiger partial charge in [-0.15, -0.1) is 0 Å². The van der Waals surface area contributed by atoms with Gasteiger partial charge in [0.05, 0.1) is 6.04 Å². The highest BCUT2D eigenvalue weighted by Crippen LogP contribution is 2.23. The first-order valence-corrected chi connectivity index (χ1v) is 8.43. The zero-order valence-electron chi connectivity index (χ0n) is 13.6. The van der Waals surface area contributed by atoms with Gasteiger partial charge in [-0.05, 0) is 51.2 Å². The average Bonchev–Trinajstić information content (AvgIpc) is 3.00. The van der Waals surface area contributed by atoms with E-state index in [9.17, 15) is 4.79 Å². The van der Waals surface area contributed by atoms with E-state index in [1.165, 1.54) is 31.3 Å². The van der Waals surface area contributed by atoms with Gasteiger partial charge in [-0.3, -0.25) is 0 Å². The number of fused-ring (bicyclic) bond motifs is 1. The molecule has 0 unspecified atom stereocenters. The molecule has 0 fully saturated rings. The van der Waals surface area contributed by atoms with E-state index in [0.29, 0.717) is 6.54 Å². The summed E-state index contributed by atoms with van der Waals surface area (Å²) in [7, 11) is 0. The molecular formula is C19H24N2O2. The van der Waals surface area contributed by atoms with Gasteiger partial charge in [-0.25, -0.2) is 4.79 Å². The lowest BCUT2D eigenvalue weighted by molar-refractivity contribution is 0.236. The number of carbonyl (C=O) groups excluding carboxylic acids is 1. The summed E-state index contributed by atoms with van der Waals surface area (Å²) >= 11 is 0. The molecule has 4 heteroatoms. The van der Waals surface area contributed by atoms with E-state index < -0.39 is 0 Å². The van der Waals surface area contributed by atoms with E-state index in [2.05, 4.69) is 16.7 Å². The maximum absolute atomic E-state index is 12.0. The molecule has 0 bridgehead atoms. The number of nitrogens with one attached hydrogen (secondary N) is 2. The summed E-state index contributed by atoms with van der Waals surface area (Å²) < 4.78 is 5.78. The van der Waals surface area contributed by atoms with Crippen LogP contribution >= 0.6 is 0 Å². The van der Waals surface area contributed by atoms with Crippen LogP contribution in [0.3, 0.4) is 0 Å². The third-order valence-electron chi connectivity index (χ3n) is 4.34. The highest BCUT2D eigenvalue weighted by Gasteiger charge is 2.14. The number of amides is 2. The van der Waals surface area contributed by atoms with E-state index in [-0.39, 0.29) is 12.1 Å². The van der Waals surface area contributed by atoms with Gasteiger partial charge in [0.2, 0.25) is 0 Å². The summed E-state index contributed by atoms with van der Waals surface area (Å²) in [6.45, 7) is 2.62. The van der Waals surface area contributed by atoms with Crippen molar-refractivity contribution in [3.63, 3.8) is 0 Å². The minimum absolute atomic E-state index is 0.144. The van der Waals surface area contributed by atoms with Crippen LogP contribution in [0.1, 0.15) is 50.8 Å². The Morgan fingerprint density at radius 1 is 1.30 bits per heavy atom. The van der Waals surface area contributed by atoms with Crippen LogP contribution < -0.4 is 10.6 Å². The molecule has 122 valence electrons. The molecule has 0 radical (unpaired) electrons. The van der Waals surface area contributed by atoms with Crippen molar-refractivity contribution in [2.24, 2.45) is 0 Å². The number of allylic oxidation sites excluding steroid dienone is 1. The van der Waals surface area contributed by atoms with Crippen molar-refractivity contribution in [3.8, 4) is 0 Å². The van der Waals surface area contributed by atoms with E-state index in [1.807, 2.05) is 37.3 Å². The van der Waals surface area contributed by atoms with Crippen molar-refractivity contribution in [1.29, 1.82) is 0 Å². The van der Waals surface area contributed by atoms with Gasteiger partial charge in [0.25, 0.3) is 0 Å². The number of rotatable bonds is 5. The van der Waals surface area contributed by atoms with Gasteiger partial charge in [0.1, 0.15) is 11.3 Å². The Labute approximate surface area is 136 Å². The predicted octanol–water partition coefficient (Wildman–Crippen LogP) is 4.68. The fraction of sp³-hybridized carbons (Fsp3) is 0.421. The monoisotopic (exact) mass is 312 g/mol. The summed E-state index contributed by atoms with van der Waals surface area (Å²) in [5, 5.41) is 6.92. The van der Waals surface area contributed by atoms with Crippen molar-refractivity contribution in [2.75, 3.05) is 6.54 Å². The van der Waals surface area contributed by atoms with E-state index in [1.54, 1.807) is 0 Å². The second-order valence-corrected chi connectivity index (χ2v) is 6.17. The van der Waals surface area contributed by atoms with Gasteiger partial charge in [-0.2, -0.15) is 0 Å². The molecule has 0 spiro atoms. The molecule has 1 aliphatic rings. The molecule has 2 amide bonds. The summed E-state index contributed by atoms with van der Waals surface area (Å²) in [4.78, 5) is 12.0. The maximum atomic E-state index is 12.0. The van der Waals surface area contributed by atoms with Crippen molar-refractivity contribution in [1.82, 2.24) is 10.6 Å². The van der Waals surface area contributed by atoms with Crippen molar-refractivity contribution in [3.05, 3.63) is 47.7 Å². The Hall–Kier alpha value is -2.23. The Morgan fingerprint density at radius 2 is 2.17 bits per heavy atom. The van der Waals surface area contributed by atoms with Crippen LogP contribution in [0.25, 0.3) is 11.0 Å². The van der Waals surface area contributed by atoms with Crippen LogP contribution in [-0.2, 0) is 0 Å². The topological polar surface area (TPSA) is 54.3 Å². The molecule has 1 aliphatic carbocycles. The lowest BCUT2D eigenvalue weighted by Gasteiger charge is -2.15. The van der Waals surface area contributed by atoms with Crippen LogP contribution in [-0.4, -0.2) is 12.6 Å². The molecule has 0 saturated heterocycles. The van der Waals surface area contributed by atoms with Crippen LogP contribution in [0, 0.1) is 0 Å². The third-order valence-corrected chi connectivity index (χ3v) is 4.34. The molecule has 1 heterocycles. The third kappa shape index (κ3) is 4.15. The van der Waals surface area contributed by atoms with Crippen LogP contribution in [0.15, 0.2) is 46.4 Å². The second-order valence-electron chi connectivity index (χ2n) is 6.17. The number of carbonyl (C=O) groups is 1. The number of benzene rings is 1. The molecule has 2 aromatic rings. The minimum atomic E-state index is -0.156. The minimum Gasteiger partial charge on any atom is -0.459 e. The van der Waals surface area contributed by atoms with Gasteiger partial charge < -0.3 is 15.1 Å². The molecule has 0 saturated carbocycles. The molecule has 2 N–H and O–H groups in total. The summed E-state index contributed by atoms with van der Waals surface area (Å²) in [6, 6.07) is 9.54. The summed E-state index contributed by atoms with van der Waals surface area (Å²) in [5.74, 6) is 0.774. The van der Waals surface area contributed by atoms with Crippen molar-refractivity contribution in [2.45, 2.75) is 45.1 Å². The summed E-state index contributed by atoms with van der Waals surface area (Å²) in [5.41, 5.74) is 2.32. The first-order chi connectivity index (χ1) is 11.2. The van der Waals surface area contributed by atoms with Crippen LogP contribution in [0.5, 0.6) is 0 Å². The molecule has 4 nitrogen and oxygen atoms in total. The Bertz CT molecular complexity index is 669. The fourth-order valence-corrected chi connectivity index (χ4v) is 3.00. The number of para-hydroxylation sites is 1. The molecule has 1 atom stereocenters. The highest BCUT2D eigenvalue weighted by atomic mass is 16.3. The first-order valence-electron chi connectivity index (χ1n) is 8.43. The Morgan fingerprint density at radius 3 is 2.96 bits per heavy atom. The fourth-order valence-electron chi connectivity index (χ4n) is 3.00. The zero-order valence-corrected chi connectivity index (χ0v) is 13.6. The van der Waals surface area contributed by atoms with E-state index in [0.717, 1.165) is 23.2 Å². The molecule has 1 aromatic carbocycles. The predicted molar refractivity (Wildman–Crippen MR) is 92.3 cm³/mol. The quantitative estimate of drug-likeness (QED) is 0.787. The van der Waals surface area contributed by atoms with Gasteiger partial charge in [0, 0.05) is 11.9 Å². The molecule has 1 aromatic heterocycles. The molecule has 3 rings (SSSR count). The number of hydrogen-bond donors (Lipinski definition) is 2. The lowest BCUT2D eigenvalue weighted by Crippen LogP contribution is -2.37. The number of furan rings is 1. The Balaban J connectivity index is 1.47. The van der Waals surface area contributed by atoms with E-state index >= 15 is 0 Å². The molecular weight excluding hydrogens is 288 g/mol. The average molecular weight is 312 g/mol. The highest BCUT2D eigenvalue weighted by molar-refractivity contribution is 5.78. The smallest absolute Gasteiger partial charge is 0.315 e. The standard InChI is InChI=1S/C19H24N2O2/c1-14(18-13-16-9-5-6-10-17(16)23-18)21-19(22)20-12-11-15-7-3-2-4-8-15/h5-7,9-10,13-14H,2-4,8,11-12H2,1H3,(H2,20,21,22)/t14-/m1/s1. The largest absolute Gasteiger partial charge is 0.459 e. The maximum Gasteiger partial charge on any atom is 0.315 e. The van der Waals surface area contributed by atoms with Gasteiger partial charge in [-0.1, -0.05) is 29.8 Å². The first kappa shape index (κ1) is 15.7. The lowest BCUT2D eigenvalue weighted by atomic mass is 9.97. The van der Waals surface area contributed by atoms with Gasteiger partial charge in [0.15, 0.2) is 0 Å². The van der Waals surface area contributed by atoms with Crippen LogP contribution in [0.4, 0.5) is 4.79 Å². The van der Waals surface area contributed by atoms with Crippen molar-refractivity contribution >= 4 is 17.0 Å². The van der Waals surface area contributed by atoms with Gasteiger partial charge >= 0.3 is 6.03 Å². The Kier molecular flexibility index (Phi) is 5.01. The van der Waals surface area contributed by atoms with Crippen molar-refractivity contribution < 1.29 is 9.21 Å². The molecule has 0 aliphatic heterocycles. The SMILES string of the molecule is C[C@@H](NC(=O)NCCC1=CCCCC1)c1cc2ccccc2o1. The van der Waals surface area contributed by atoms with Crippen LogP contribution in [0.2, 0.25) is 0 Å². The van der Waals surface area contributed by atoms with E-state index in [4.69, 9.17) is 4.42 Å².